The number of fused-ring (bicyclic) bond motifs is 1. The van der Waals surface area contributed by atoms with Crippen LogP contribution in [-0.4, -0.2) is 4.98 Å². The van der Waals surface area contributed by atoms with E-state index in [4.69, 9.17) is 0 Å². The van der Waals surface area contributed by atoms with E-state index in [2.05, 4.69) is 4.98 Å². The molecule has 60 valence electrons. The fraction of sp³-hybridized carbons (Fsp3) is 0.100. The fourth-order valence-corrected chi connectivity index (χ4v) is 1.23. The zero-order valence-electron chi connectivity index (χ0n) is 6.71. The quantitative estimate of drug-likeness (QED) is 0.541. The van der Waals surface area contributed by atoms with Crippen molar-refractivity contribution in [3.05, 3.63) is 42.0 Å². The van der Waals surface area contributed by atoms with Crippen molar-refractivity contribution >= 4 is 10.8 Å². The first kappa shape index (κ1) is 7.22. The van der Waals surface area contributed by atoms with Crippen molar-refractivity contribution in [2.45, 2.75) is 6.92 Å². The first-order chi connectivity index (χ1) is 5.75. The third-order valence-corrected chi connectivity index (χ3v) is 1.84. The third-order valence-electron chi connectivity index (χ3n) is 1.84. The van der Waals surface area contributed by atoms with Crippen molar-refractivity contribution in [1.29, 1.82) is 0 Å². The zero-order chi connectivity index (χ0) is 8.55. The van der Waals surface area contributed by atoms with E-state index in [9.17, 15) is 4.39 Å². The van der Waals surface area contributed by atoms with Gasteiger partial charge in [0.25, 0.3) is 0 Å². The molecule has 12 heavy (non-hydrogen) atoms. The molecule has 0 N–H and O–H groups in total. The highest BCUT2D eigenvalue weighted by Gasteiger charge is 1.95. The Morgan fingerprint density at radius 1 is 1.17 bits per heavy atom. The number of hydrogen-bond donors (Lipinski definition) is 0. The second-order valence-electron chi connectivity index (χ2n) is 2.86. The van der Waals surface area contributed by atoms with Crippen LogP contribution in [0.4, 0.5) is 4.39 Å². The third kappa shape index (κ3) is 1.16. The number of rotatable bonds is 0. The van der Waals surface area contributed by atoms with Crippen molar-refractivity contribution in [3.8, 4) is 0 Å². The number of nitrogens with zero attached hydrogens (tertiary/aromatic N) is 1. The molecule has 0 radical (unpaired) electrons. The van der Waals surface area contributed by atoms with Gasteiger partial charge in [0, 0.05) is 17.6 Å². The monoisotopic (exact) mass is 161 g/mol. The van der Waals surface area contributed by atoms with Crippen LogP contribution in [0.25, 0.3) is 10.8 Å². The molecule has 0 aliphatic carbocycles. The summed E-state index contributed by atoms with van der Waals surface area (Å²) in [6.07, 6.45) is 1.55. The second kappa shape index (κ2) is 2.55. The summed E-state index contributed by atoms with van der Waals surface area (Å²) in [4.78, 5) is 3.58. The lowest BCUT2D eigenvalue weighted by Gasteiger charge is -1.97. The maximum atomic E-state index is 12.6. The molecule has 1 heterocycles. The van der Waals surface area contributed by atoms with Crippen molar-refractivity contribution < 1.29 is 4.39 Å². The van der Waals surface area contributed by atoms with Crippen LogP contribution < -0.4 is 0 Å². The molecule has 0 aliphatic heterocycles. The van der Waals surface area contributed by atoms with Gasteiger partial charge in [0.1, 0.15) is 0 Å². The summed E-state index contributed by atoms with van der Waals surface area (Å²) < 4.78 is 12.6. The largest absolute Gasteiger partial charge is 0.228 e. The molecule has 0 atom stereocenters. The van der Waals surface area contributed by atoms with Crippen LogP contribution in [0.5, 0.6) is 0 Å². The minimum absolute atomic E-state index is 0.425. The maximum Gasteiger partial charge on any atom is 0.213 e. The summed E-state index contributed by atoms with van der Waals surface area (Å²) in [5.74, 6) is -0.425. The Labute approximate surface area is 69.9 Å². The molecule has 0 aliphatic rings. The second-order valence-corrected chi connectivity index (χ2v) is 2.86. The molecule has 0 spiro atoms. The summed E-state index contributed by atoms with van der Waals surface area (Å²) in [7, 11) is 0. The molecule has 0 bridgehead atoms. The average Bonchev–Trinajstić information content (AvgIpc) is 2.05. The number of halogens is 1. The van der Waals surface area contributed by atoms with E-state index in [1.165, 1.54) is 6.07 Å². The first-order valence-electron chi connectivity index (χ1n) is 3.77. The van der Waals surface area contributed by atoms with Gasteiger partial charge in [-0.1, -0.05) is 17.7 Å². The molecule has 1 nitrogen and oxygen atoms in total. The van der Waals surface area contributed by atoms with Gasteiger partial charge in [0.2, 0.25) is 5.95 Å². The highest BCUT2D eigenvalue weighted by Crippen LogP contribution is 2.14. The molecule has 2 rings (SSSR count). The Morgan fingerprint density at radius 2 is 2.00 bits per heavy atom. The average molecular weight is 161 g/mol. The number of hydrogen-bond acceptors (Lipinski definition) is 1. The van der Waals surface area contributed by atoms with E-state index in [0.717, 1.165) is 16.3 Å². The molecule has 0 amide bonds. The summed E-state index contributed by atoms with van der Waals surface area (Å²) >= 11 is 0. The van der Waals surface area contributed by atoms with Crippen LogP contribution in [0.2, 0.25) is 0 Å². The lowest BCUT2D eigenvalue weighted by molar-refractivity contribution is 0.586. The van der Waals surface area contributed by atoms with E-state index < -0.39 is 5.95 Å². The van der Waals surface area contributed by atoms with Crippen molar-refractivity contribution in [1.82, 2.24) is 4.98 Å². The number of aromatic nitrogens is 1. The minimum Gasteiger partial charge on any atom is -0.228 e. The lowest BCUT2D eigenvalue weighted by atomic mass is 10.1. The predicted molar refractivity (Wildman–Crippen MR) is 46.4 cm³/mol. The number of aryl methyl sites for hydroxylation is 1. The number of benzene rings is 1. The zero-order valence-corrected chi connectivity index (χ0v) is 6.71. The van der Waals surface area contributed by atoms with E-state index in [1.807, 2.05) is 25.1 Å². The molecule has 0 saturated heterocycles. The first-order valence-corrected chi connectivity index (χ1v) is 3.77. The Morgan fingerprint density at radius 3 is 2.83 bits per heavy atom. The molecule has 0 saturated carbocycles. The summed E-state index contributed by atoms with van der Waals surface area (Å²) in [5.41, 5.74) is 1.16. The van der Waals surface area contributed by atoms with Gasteiger partial charge >= 0.3 is 0 Å². The highest BCUT2D eigenvalue weighted by atomic mass is 19.1. The number of pyridine rings is 1. The SMILES string of the molecule is Cc1ccc2cc(F)ncc2c1. The smallest absolute Gasteiger partial charge is 0.213 e. The molecule has 1 aromatic carbocycles. The van der Waals surface area contributed by atoms with Gasteiger partial charge in [-0.2, -0.15) is 4.39 Å². The highest BCUT2D eigenvalue weighted by molar-refractivity contribution is 5.81. The van der Waals surface area contributed by atoms with Gasteiger partial charge in [-0.3, -0.25) is 0 Å². The van der Waals surface area contributed by atoms with Crippen molar-refractivity contribution in [2.24, 2.45) is 0 Å². The standard InChI is InChI=1S/C10H8FN/c1-7-2-3-8-5-10(11)12-6-9(8)4-7/h2-6H,1H3. The Balaban J connectivity index is 2.79. The van der Waals surface area contributed by atoms with E-state index in [0.29, 0.717) is 0 Å². The van der Waals surface area contributed by atoms with Gasteiger partial charge in [0.15, 0.2) is 0 Å². The molecule has 0 fully saturated rings. The summed E-state index contributed by atoms with van der Waals surface area (Å²) in [6, 6.07) is 7.29. The van der Waals surface area contributed by atoms with Crippen LogP contribution in [0.1, 0.15) is 5.56 Å². The maximum absolute atomic E-state index is 12.6. The van der Waals surface area contributed by atoms with Gasteiger partial charge < -0.3 is 0 Å². The molecule has 2 aromatic rings. The summed E-state index contributed by atoms with van der Waals surface area (Å²) in [6.45, 7) is 2.00. The lowest BCUT2D eigenvalue weighted by Crippen LogP contribution is -1.82. The molecule has 0 unspecified atom stereocenters. The normalized spacial score (nSPS) is 10.5. The topological polar surface area (TPSA) is 12.9 Å². The van der Waals surface area contributed by atoms with Crippen molar-refractivity contribution in [2.75, 3.05) is 0 Å². The molecule has 2 heteroatoms. The fourth-order valence-electron chi connectivity index (χ4n) is 1.23. The molecule has 1 aromatic heterocycles. The van der Waals surface area contributed by atoms with Gasteiger partial charge in [-0.05, 0) is 18.4 Å². The van der Waals surface area contributed by atoms with Crippen LogP contribution in [0, 0.1) is 12.9 Å². The predicted octanol–water partition coefficient (Wildman–Crippen LogP) is 2.68. The molecular formula is C10H8FN. The van der Waals surface area contributed by atoms with Gasteiger partial charge in [-0.25, -0.2) is 4.98 Å². The van der Waals surface area contributed by atoms with E-state index in [1.54, 1.807) is 6.20 Å². The Hall–Kier alpha value is -1.44. The Bertz CT molecular complexity index is 382. The van der Waals surface area contributed by atoms with Crippen LogP contribution >= 0.6 is 0 Å². The van der Waals surface area contributed by atoms with Crippen LogP contribution in [0.15, 0.2) is 30.5 Å². The van der Waals surface area contributed by atoms with Gasteiger partial charge in [0.05, 0.1) is 0 Å². The Kier molecular flexibility index (Phi) is 1.54. The van der Waals surface area contributed by atoms with Gasteiger partial charge in [-0.15, -0.1) is 0 Å². The van der Waals surface area contributed by atoms with E-state index in [-0.39, 0.29) is 0 Å². The van der Waals surface area contributed by atoms with Crippen molar-refractivity contribution in [3.63, 3.8) is 0 Å². The molecular weight excluding hydrogens is 153 g/mol. The van der Waals surface area contributed by atoms with Crippen LogP contribution in [0.3, 0.4) is 0 Å². The van der Waals surface area contributed by atoms with Crippen LogP contribution in [-0.2, 0) is 0 Å². The summed E-state index contributed by atoms with van der Waals surface area (Å²) in [5, 5.41) is 1.88. The minimum atomic E-state index is -0.425. The van der Waals surface area contributed by atoms with E-state index >= 15 is 0 Å².